The number of ether oxygens (including phenoxy) is 9. The zero-order valence-electron chi connectivity index (χ0n) is 37.4. The summed E-state index contributed by atoms with van der Waals surface area (Å²) in [6.45, 7) is 9.69. The van der Waals surface area contributed by atoms with Gasteiger partial charge in [0.2, 0.25) is 15.9 Å². The van der Waals surface area contributed by atoms with Gasteiger partial charge in [-0.3, -0.25) is 19.2 Å². The van der Waals surface area contributed by atoms with Gasteiger partial charge in [-0.05, 0) is 44.9 Å². The van der Waals surface area contributed by atoms with Gasteiger partial charge in [-0.15, -0.1) is 0 Å². The molecule has 0 saturated carbocycles. The predicted octanol–water partition coefficient (Wildman–Crippen LogP) is 0.719. The van der Waals surface area contributed by atoms with Crippen LogP contribution in [0.25, 0.3) is 0 Å². The lowest BCUT2D eigenvalue weighted by molar-refractivity contribution is -0.194. The molecule has 0 aliphatic heterocycles. The number of carbonyl (C=O) groups is 4. The fourth-order valence-electron chi connectivity index (χ4n) is 4.23. The first kappa shape index (κ1) is 63.4. The lowest BCUT2D eigenvalue weighted by atomic mass is 10.2. The Bertz CT molecular complexity index is 1200. The molecule has 0 aromatic carbocycles. The molecule has 22 nitrogen and oxygen atoms in total. The maximum atomic E-state index is 11.8. The molecule has 0 aliphatic rings. The van der Waals surface area contributed by atoms with Crippen molar-refractivity contribution in [3.8, 4) is 0 Å². The third-order valence-corrected chi connectivity index (χ3v) is 9.09. The molecule has 6 atom stereocenters. The number of amides is 1. The number of aliphatic hydroxyl groups excluding tert-OH is 4. The van der Waals surface area contributed by atoms with Gasteiger partial charge in [-0.2, -0.15) is 0 Å². The molecular weight excluding hydrogens is 848 g/mol. The highest BCUT2D eigenvalue weighted by Gasteiger charge is 2.18. The van der Waals surface area contributed by atoms with Crippen LogP contribution in [0, 0.1) is 0 Å². The molecule has 0 aromatic rings. The normalized spacial score (nSPS) is 14.0. The van der Waals surface area contributed by atoms with E-state index in [1.165, 1.54) is 21.3 Å². The van der Waals surface area contributed by atoms with Crippen LogP contribution in [-0.4, -0.2) is 182 Å². The van der Waals surface area contributed by atoms with Crippen molar-refractivity contribution in [3.63, 3.8) is 0 Å². The first-order valence-electron chi connectivity index (χ1n) is 20.6. The van der Waals surface area contributed by atoms with Gasteiger partial charge in [0, 0.05) is 78.7 Å². The number of methoxy groups -OCH3 is 3. The van der Waals surface area contributed by atoms with Gasteiger partial charge in [-0.25, -0.2) is 13.1 Å². The molecule has 62 heavy (non-hydrogen) atoms. The van der Waals surface area contributed by atoms with Crippen LogP contribution in [-0.2, 0) is 71.8 Å². The third kappa shape index (κ3) is 39.9. The van der Waals surface area contributed by atoms with Crippen LogP contribution in [0.5, 0.6) is 0 Å². The Balaban J connectivity index is -0.000000972. The molecule has 368 valence electrons. The average Bonchev–Trinajstić information content (AvgIpc) is 3.26. The Hall–Kier alpha value is -2.91. The molecule has 0 radical (unpaired) electrons. The number of carbonyl (C=O) groups excluding carboxylic acids is 3. The van der Waals surface area contributed by atoms with Gasteiger partial charge < -0.3 is 73.5 Å². The van der Waals surface area contributed by atoms with E-state index in [9.17, 15) is 27.6 Å². The highest BCUT2D eigenvalue weighted by molar-refractivity contribution is 7.92. The number of esters is 2. The number of rotatable bonds is 38. The molecule has 0 heterocycles. The standard InChI is InChI=1S/C20H38N2O9S.C12H22O7.C7H16O4/c1-4-17(15-23)31-20(28-3)16-30-19(25)10-6-9-18(24)21-11-7-13-29-14-8-12-22-32(26,27)5-2;1-3-9(7-13)19-12(17-2)8-18-11(16)6-4-5-10(14)15;1-3-6(4-8)11-7(5-9)10-2/h5,17,20,22-23H,2,4,6-16H2,1,3H3,(H,21,24);9,12-13H,3-8H2,1-2H3,(H,14,15);6-9H,3-5H2,1-2H3. The summed E-state index contributed by atoms with van der Waals surface area (Å²) in [5, 5.41) is 47.5. The minimum Gasteiger partial charge on any atom is -0.481 e. The van der Waals surface area contributed by atoms with E-state index in [-0.39, 0.29) is 103 Å². The smallest absolute Gasteiger partial charge is 0.305 e. The van der Waals surface area contributed by atoms with Crippen molar-refractivity contribution in [2.24, 2.45) is 0 Å². The van der Waals surface area contributed by atoms with Crippen LogP contribution in [0.3, 0.4) is 0 Å². The van der Waals surface area contributed by atoms with Gasteiger partial charge >= 0.3 is 17.9 Å². The Labute approximate surface area is 366 Å². The van der Waals surface area contributed by atoms with Crippen LogP contribution in [0.2, 0.25) is 0 Å². The summed E-state index contributed by atoms with van der Waals surface area (Å²) in [5.74, 6) is -2.06. The van der Waals surface area contributed by atoms with E-state index in [1.54, 1.807) is 0 Å². The second-order valence-electron chi connectivity index (χ2n) is 13.0. The number of aliphatic hydroxyl groups is 4. The van der Waals surface area contributed by atoms with E-state index in [0.717, 1.165) is 5.41 Å². The molecule has 0 spiro atoms. The van der Waals surface area contributed by atoms with Crippen molar-refractivity contribution in [1.82, 2.24) is 10.0 Å². The van der Waals surface area contributed by atoms with E-state index < -0.39 is 46.8 Å². The largest absolute Gasteiger partial charge is 0.481 e. The second-order valence-corrected chi connectivity index (χ2v) is 14.7. The summed E-state index contributed by atoms with van der Waals surface area (Å²) in [6.07, 6.45) is 0.845. The molecule has 23 heteroatoms. The van der Waals surface area contributed by atoms with Crippen LogP contribution in [0.4, 0.5) is 0 Å². The van der Waals surface area contributed by atoms with Crippen molar-refractivity contribution in [2.75, 3.05) is 87.3 Å². The second kappa shape index (κ2) is 43.3. The number of sulfonamides is 1. The topological polar surface area (TPSA) is 311 Å². The average molecular weight is 925 g/mol. The van der Waals surface area contributed by atoms with Crippen LogP contribution in [0.1, 0.15) is 91.4 Å². The lowest BCUT2D eigenvalue weighted by Gasteiger charge is -2.21. The zero-order chi connectivity index (χ0) is 47.6. The van der Waals surface area contributed by atoms with Crippen molar-refractivity contribution < 1.29 is 95.8 Å². The van der Waals surface area contributed by atoms with Gasteiger partial charge in [-0.1, -0.05) is 27.4 Å². The van der Waals surface area contributed by atoms with E-state index in [0.29, 0.717) is 58.3 Å². The Morgan fingerprint density at radius 1 is 0.613 bits per heavy atom. The van der Waals surface area contributed by atoms with E-state index in [1.807, 2.05) is 20.8 Å². The summed E-state index contributed by atoms with van der Waals surface area (Å²) in [6, 6.07) is 0. The van der Waals surface area contributed by atoms with E-state index in [2.05, 4.69) is 16.6 Å². The number of carboxylic acids is 1. The van der Waals surface area contributed by atoms with E-state index in [4.69, 9.17) is 68.2 Å². The summed E-state index contributed by atoms with van der Waals surface area (Å²) in [5.41, 5.74) is 0. The SMILES string of the molecule is C=CS(=O)(=O)NCCCOCCCNC(=O)CCCC(=O)OCC(OC)OC(CC)CO.CCC(CO)OC(CO)OC.CCC(CO)OC(COC(=O)CCCC(=O)O)OC. The maximum Gasteiger partial charge on any atom is 0.305 e. The fourth-order valence-corrected chi connectivity index (χ4v) is 4.78. The summed E-state index contributed by atoms with van der Waals surface area (Å²) < 4.78 is 70.7. The minimum absolute atomic E-state index is 0.0416. The number of nitrogens with one attached hydrogen (secondary N) is 2. The number of hydrogen-bond acceptors (Lipinski definition) is 19. The van der Waals surface area contributed by atoms with Crippen molar-refractivity contribution >= 4 is 33.8 Å². The zero-order valence-corrected chi connectivity index (χ0v) is 38.2. The molecule has 7 N–H and O–H groups in total. The van der Waals surface area contributed by atoms with Gasteiger partial charge in [0.15, 0.2) is 18.9 Å². The third-order valence-electron chi connectivity index (χ3n) is 8.04. The summed E-state index contributed by atoms with van der Waals surface area (Å²) >= 11 is 0. The van der Waals surface area contributed by atoms with Crippen LogP contribution < -0.4 is 10.0 Å². The van der Waals surface area contributed by atoms with Crippen LogP contribution >= 0.6 is 0 Å². The first-order valence-corrected chi connectivity index (χ1v) is 22.1. The van der Waals surface area contributed by atoms with E-state index >= 15 is 0 Å². The molecule has 6 unspecified atom stereocenters. The highest BCUT2D eigenvalue weighted by Crippen LogP contribution is 2.08. The Morgan fingerprint density at radius 3 is 1.40 bits per heavy atom. The molecule has 1 amide bonds. The van der Waals surface area contributed by atoms with Crippen molar-refractivity contribution in [1.29, 1.82) is 0 Å². The summed E-state index contributed by atoms with van der Waals surface area (Å²) in [4.78, 5) is 45.1. The fraction of sp³-hybridized carbons (Fsp3) is 0.846. The Morgan fingerprint density at radius 2 is 1.03 bits per heavy atom. The lowest BCUT2D eigenvalue weighted by Crippen LogP contribution is -2.30. The minimum atomic E-state index is -3.40. The Kier molecular flexibility index (Phi) is 44.3. The molecule has 0 aliphatic carbocycles. The summed E-state index contributed by atoms with van der Waals surface area (Å²) in [7, 11) is 0.885. The molecule has 0 aromatic heterocycles. The monoisotopic (exact) mass is 924 g/mol. The first-order chi connectivity index (χ1) is 29.6. The molecule has 0 fully saturated rings. The predicted molar refractivity (Wildman–Crippen MR) is 224 cm³/mol. The molecular formula is C39H76N2O20S. The molecule has 0 rings (SSSR count). The number of aliphatic carboxylic acids is 1. The number of carboxylic acid groups (broad SMARTS) is 1. The highest BCUT2D eigenvalue weighted by atomic mass is 32.2. The molecule has 0 saturated heterocycles. The maximum absolute atomic E-state index is 11.8. The van der Waals surface area contributed by atoms with Crippen LogP contribution in [0.15, 0.2) is 12.0 Å². The van der Waals surface area contributed by atoms with Crippen molar-refractivity contribution in [3.05, 3.63) is 12.0 Å². The molecule has 0 bridgehead atoms. The quantitative estimate of drug-likeness (QED) is 0.0255. The number of hydrogen-bond donors (Lipinski definition) is 7. The van der Waals surface area contributed by atoms with Gasteiger partial charge in [0.05, 0.1) is 44.7 Å². The van der Waals surface area contributed by atoms with Gasteiger partial charge in [0.25, 0.3) is 0 Å². The van der Waals surface area contributed by atoms with Gasteiger partial charge in [0.1, 0.15) is 13.2 Å². The van der Waals surface area contributed by atoms with Crippen molar-refractivity contribution in [2.45, 2.75) is 129 Å².